The number of amides is 2. The van der Waals surface area contributed by atoms with Crippen molar-refractivity contribution < 1.29 is 14.0 Å². The zero-order chi connectivity index (χ0) is 26.2. The average molecular weight is 504 g/mol. The van der Waals surface area contributed by atoms with Gasteiger partial charge in [0.1, 0.15) is 12.4 Å². The molecule has 0 aliphatic heterocycles. The SMILES string of the molecule is CCc1ccc(C(=O)N(CC)CC(=O)N(Cc2cccn2Cc2ccc(F)cc2)C2CCCCC2)cc1. The molecule has 4 rings (SSSR count). The highest BCUT2D eigenvalue weighted by Gasteiger charge is 2.28. The van der Waals surface area contributed by atoms with Crippen LogP contribution in [0.1, 0.15) is 73.1 Å². The Bertz CT molecular complexity index is 1160. The number of halogens is 1. The van der Waals surface area contributed by atoms with E-state index in [1.54, 1.807) is 17.0 Å². The van der Waals surface area contributed by atoms with Crippen LogP contribution in [0.15, 0.2) is 66.9 Å². The summed E-state index contributed by atoms with van der Waals surface area (Å²) in [6.07, 6.45) is 8.34. The maximum Gasteiger partial charge on any atom is 0.254 e. The van der Waals surface area contributed by atoms with Gasteiger partial charge in [0.2, 0.25) is 5.91 Å². The maximum atomic E-state index is 13.8. The Kier molecular flexibility index (Phi) is 9.15. The highest BCUT2D eigenvalue weighted by Crippen LogP contribution is 2.25. The van der Waals surface area contributed by atoms with E-state index in [1.165, 1.54) is 24.1 Å². The van der Waals surface area contributed by atoms with Gasteiger partial charge >= 0.3 is 0 Å². The lowest BCUT2D eigenvalue weighted by Gasteiger charge is -2.36. The van der Waals surface area contributed by atoms with Gasteiger partial charge in [-0.2, -0.15) is 0 Å². The van der Waals surface area contributed by atoms with Crippen molar-refractivity contribution >= 4 is 11.8 Å². The van der Waals surface area contributed by atoms with Gasteiger partial charge in [-0.1, -0.05) is 50.5 Å². The Labute approximate surface area is 219 Å². The molecule has 0 saturated heterocycles. The summed E-state index contributed by atoms with van der Waals surface area (Å²) in [5.41, 5.74) is 3.84. The molecule has 37 heavy (non-hydrogen) atoms. The van der Waals surface area contributed by atoms with Gasteiger partial charge in [-0.3, -0.25) is 9.59 Å². The van der Waals surface area contributed by atoms with Gasteiger partial charge in [0.15, 0.2) is 0 Å². The van der Waals surface area contributed by atoms with E-state index < -0.39 is 0 Å². The molecule has 1 heterocycles. The van der Waals surface area contributed by atoms with Crippen LogP contribution >= 0.6 is 0 Å². The highest BCUT2D eigenvalue weighted by molar-refractivity contribution is 5.96. The second-order valence-corrected chi connectivity index (χ2v) is 9.94. The van der Waals surface area contributed by atoms with Crippen LogP contribution in [0.2, 0.25) is 0 Å². The minimum Gasteiger partial charge on any atom is -0.345 e. The minimum absolute atomic E-state index is 0.0122. The number of carbonyl (C=O) groups excluding carboxylic acids is 2. The molecule has 1 saturated carbocycles. The lowest BCUT2D eigenvalue weighted by molar-refractivity contribution is -0.135. The van der Waals surface area contributed by atoms with Gasteiger partial charge in [-0.25, -0.2) is 4.39 Å². The van der Waals surface area contributed by atoms with Crippen molar-refractivity contribution in [3.05, 3.63) is 95.1 Å². The summed E-state index contributed by atoms with van der Waals surface area (Å²) in [7, 11) is 0. The van der Waals surface area contributed by atoms with Crippen LogP contribution in [0, 0.1) is 5.82 Å². The molecule has 196 valence electrons. The molecule has 2 amide bonds. The second kappa shape index (κ2) is 12.7. The van der Waals surface area contributed by atoms with Crippen molar-refractivity contribution in [1.29, 1.82) is 0 Å². The zero-order valence-corrected chi connectivity index (χ0v) is 22.0. The van der Waals surface area contributed by atoms with E-state index in [0.717, 1.165) is 43.4 Å². The normalized spacial score (nSPS) is 13.9. The molecule has 3 aromatic rings. The summed E-state index contributed by atoms with van der Waals surface area (Å²) >= 11 is 0. The molecule has 6 heteroatoms. The summed E-state index contributed by atoms with van der Waals surface area (Å²) in [5, 5.41) is 0. The van der Waals surface area contributed by atoms with Crippen molar-refractivity contribution in [2.45, 2.75) is 71.5 Å². The Hall–Kier alpha value is -3.41. The van der Waals surface area contributed by atoms with Crippen molar-refractivity contribution in [2.75, 3.05) is 13.1 Å². The molecule has 1 aliphatic carbocycles. The summed E-state index contributed by atoms with van der Waals surface area (Å²) in [6.45, 7) is 5.66. The number of hydrogen-bond donors (Lipinski definition) is 0. The first-order chi connectivity index (χ1) is 18.0. The number of rotatable bonds is 10. The van der Waals surface area contributed by atoms with Gasteiger partial charge < -0.3 is 14.4 Å². The minimum atomic E-state index is -0.248. The van der Waals surface area contributed by atoms with Crippen LogP contribution in [0.5, 0.6) is 0 Å². The molecule has 0 bridgehead atoms. The Morgan fingerprint density at radius 2 is 1.59 bits per heavy atom. The molecule has 1 aliphatic rings. The third-order valence-electron chi connectivity index (χ3n) is 7.46. The fourth-order valence-electron chi connectivity index (χ4n) is 5.17. The Morgan fingerprint density at radius 3 is 2.24 bits per heavy atom. The molecule has 1 fully saturated rings. The molecule has 1 aromatic heterocycles. The standard InChI is InChI=1S/C31H38FN3O2/c1-3-24-12-16-26(17-13-24)31(37)33(4-2)23-30(36)35(28-9-6-5-7-10-28)22-29-11-8-20-34(29)21-25-14-18-27(32)19-15-25/h8,11-20,28H,3-7,9-10,21-23H2,1-2H3. The number of carbonyl (C=O) groups is 2. The van der Waals surface area contributed by atoms with E-state index in [2.05, 4.69) is 11.5 Å². The highest BCUT2D eigenvalue weighted by atomic mass is 19.1. The number of aromatic nitrogens is 1. The van der Waals surface area contributed by atoms with E-state index in [1.807, 2.05) is 54.4 Å². The molecule has 0 atom stereocenters. The second-order valence-electron chi connectivity index (χ2n) is 9.94. The Balaban J connectivity index is 1.51. The van der Waals surface area contributed by atoms with Crippen LogP contribution in [0.4, 0.5) is 4.39 Å². The number of nitrogens with zero attached hydrogens (tertiary/aromatic N) is 3. The third-order valence-corrected chi connectivity index (χ3v) is 7.46. The van der Waals surface area contributed by atoms with E-state index in [0.29, 0.717) is 25.2 Å². The number of likely N-dealkylation sites (N-methyl/N-ethyl adjacent to an activating group) is 1. The topological polar surface area (TPSA) is 45.6 Å². The summed E-state index contributed by atoms with van der Waals surface area (Å²) in [4.78, 5) is 30.6. The van der Waals surface area contributed by atoms with E-state index in [4.69, 9.17) is 0 Å². The van der Waals surface area contributed by atoms with Gasteiger partial charge in [0.25, 0.3) is 5.91 Å². The summed E-state index contributed by atoms with van der Waals surface area (Å²) < 4.78 is 15.5. The summed E-state index contributed by atoms with van der Waals surface area (Å²) in [6, 6.07) is 18.4. The molecular weight excluding hydrogens is 465 g/mol. The largest absolute Gasteiger partial charge is 0.345 e. The fraction of sp³-hybridized carbons (Fsp3) is 0.419. The van der Waals surface area contributed by atoms with E-state index in [-0.39, 0.29) is 30.2 Å². The average Bonchev–Trinajstić information content (AvgIpc) is 3.38. The first-order valence-corrected chi connectivity index (χ1v) is 13.5. The van der Waals surface area contributed by atoms with E-state index in [9.17, 15) is 14.0 Å². The van der Waals surface area contributed by atoms with Crippen LogP contribution in [-0.2, 0) is 24.3 Å². The summed E-state index contributed by atoms with van der Waals surface area (Å²) in [5.74, 6) is -0.370. The van der Waals surface area contributed by atoms with Crippen LogP contribution < -0.4 is 0 Å². The maximum absolute atomic E-state index is 13.8. The van der Waals surface area contributed by atoms with Crippen LogP contribution in [0.25, 0.3) is 0 Å². The molecule has 0 N–H and O–H groups in total. The van der Waals surface area contributed by atoms with Crippen molar-refractivity contribution in [2.24, 2.45) is 0 Å². The molecule has 0 radical (unpaired) electrons. The lowest BCUT2D eigenvalue weighted by Crippen LogP contribution is -2.47. The smallest absolute Gasteiger partial charge is 0.254 e. The third kappa shape index (κ3) is 6.88. The molecule has 2 aromatic carbocycles. The molecule has 0 unspecified atom stereocenters. The molecular formula is C31H38FN3O2. The van der Waals surface area contributed by atoms with Gasteiger partial charge in [-0.15, -0.1) is 0 Å². The first-order valence-electron chi connectivity index (χ1n) is 13.5. The number of aryl methyl sites for hydroxylation is 1. The fourth-order valence-corrected chi connectivity index (χ4v) is 5.17. The van der Waals surface area contributed by atoms with Gasteiger partial charge in [0.05, 0.1) is 6.54 Å². The quantitative estimate of drug-likeness (QED) is 0.338. The van der Waals surface area contributed by atoms with Crippen molar-refractivity contribution in [3.8, 4) is 0 Å². The van der Waals surface area contributed by atoms with E-state index >= 15 is 0 Å². The Morgan fingerprint density at radius 1 is 0.919 bits per heavy atom. The molecule has 5 nitrogen and oxygen atoms in total. The number of benzene rings is 2. The van der Waals surface area contributed by atoms with Crippen LogP contribution in [0.3, 0.4) is 0 Å². The van der Waals surface area contributed by atoms with Crippen molar-refractivity contribution in [1.82, 2.24) is 14.4 Å². The predicted octanol–water partition coefficient (Wildman–Crippen LogP) is 6.06. The van der Waals surface area contributed by atoms with Gasteiger partial charge in [-0.05, 0) is 73.7 Å². The first kappa shape index (κ1) is 26.6. The number of hydrogen-bond acceptors (Lipinski definition) is 2. The van der Waals surface area contributed by atoms with Crippen molar-refractivity contribution in [3.63, 3.8) is 0 Å². The zero-order valence-electron chi connectivity index (χ0n) is 22.0. The lowest BCUT2D eigenvalue weighted by atomic mass is 9.94. The van der Waals surface area contributed by atoms with Crippen LogP contribution in [-0.4, -0.2) is 45.3 Å². The molecule has 0 spiro atoms. The predicted molar refractivity (Wildman–Crippen MR) is 145 cm³/mol. The van der Waals surface area contributed by atoms with Gasteiger partial charge in [0, 0.05) is 36.6 Å². The monoisotopic (exact) mass is 503 g/mol.